The van der Waals surface area contributed by atoms with Crippen molar-refractivity contribution in [1.29, 1.82) is 0 Å². The van der Waals surface area contributed by atoms with Crippen LogP contribution in [0.5, 0.6) is 0 Å². The zero-order chi connectivity index (χ0) is 19.9. The van der Waals surface area contributed by atoms with E-state index in [1.165, 1.54) is 17.0 Å². The minimum absolute atomic E-state index is 0.149. The van der Waals surface area contributed by atoms with Gasteiger partial charge in [0.15, 0.2) is 0 Å². The number of piperidine rings is 1. The van der Waals surface area contributed by atoms with E-state index in [4.69, 9.17) is 16.3 Å². The van der Waals surface area contributed by atoms with Crippen molar-refractivity contribution >= 4 is 17.7 Å². The molecule has 1 aromatic rings. The highest BCUT2D eigenvalue weighted by Crippen LogP contribution is 2.51. The van der Waals surface area contributed by atoms with Gasteiger partial charge in [0.05, 0.1) is 18.3 Å². The Labute approximate surface area is 164 Å². The highest BCUT2D eigenvalue weighted by Gasteiger charge is 2.56. The molecule has 1 spiro atoms. The lowest BCUT2D eigenvalue weighted by Gasteiger charge is -2.52. The molecule has 1 unspecified atom stereocenters. The van der Waals surface area contributed by atoms with E-state index in [1.54, 1.807) is 4.90 Å². The van der Waals surface area contributed by atoms with Gasteiger partial charge in [-0.15, -0.1) is 0 Å². The molecule has 1 N–H and O–H groups in total. The number of carbonyl (C=O) groups is 1. The fourth-order valence-corrected chi connectivity index (χ4v) is 4.57. The van der Waals surface area contributed by atoms with Crippen molar-refractivity contribution in [2.45, 2.75) is 70.6 Å². The molecule has 3 rings (SSSR count). The molecule has 0 aromatic carbocycles. The third kappa shape index (κ3) is 4.14. The second-order valence-corrected chi connectivity index (χ2v) is 9.23. The summed E-state index contributed by atoms with van der Waals surface area (Å²) in [7, 11) is 0. The number of likely N-dealkylation sites (tertiary alicyclic amines) is 1. The van der Waals surface area contributed by atoms with Gasteiger partial charge in [0.25, 0.3) is 5.56 Å². The summed E-state index contributed by atoms with van der Waals surface area (Å²) in [5.41, 5.74) is -2.39. The zero-order valence-corrected chi connectivity index (χ0v) is 17.0. The molecule has 1 aromatic heterocycles. The molecule has 2 aliphatic rings. The number of aromatic nitrogens is 2. The molecule has 2 heterocycles. The molecule has 8 heteroatoms. The van der Waals surface area contributed by atoms with Crippen LogP contribution in [0.4, 0.5) is 4.79 Å². The molecule has 1 aliphatic carbocycles. The van der Waals surface area contributed by atoms with Crippen LogP contribution in [-0.4, -0.2) is 49.9 Å². The summed E-state index contributed by atoms with van der Waals surface area (Å²) in [6.07, 6.45) is 6.30. The fourth-order valence-electron chi connectivity index (χ4n) is 4.40. The maximum absolute atomic E-state index is 12.6. The van der Waals surface area contributed by atoms with E-state index in [-0.39, 0.29) is 23.4 Å². The normalized spacial score (nSPS) is 25.0. The van der Waals surface area contributed by atoms with Gasteiger partial charge < -0.3 is 19.3 Å². The van der Waals surface area contributed by atoms with Crippen molar-refractivity contribution in [1.82, 2.24) is 14.5 Å². The van der Waals surface area contributed by atoms with Gasteiger partial charge in [-0.25, -0.2) is 9.78 Å². The Morgan fingerprint density at radius 1 is 1.33 bits per heavy atom. The molecule has 27 heavy (non-hydrogen) atoms. The smallest absolute Gasteiger partial charge is 0.410 e. The SMILES string of the molecule is CC(C)(C)OC(=O)N1CCC(O)(Cn2cc(Cl)ncc2=O)C2(CCCC2)C1. The van der Waals surface area contributed by atoms with Crippen molar-refractivity contribution in [2.75, 3.05) is 13.1 Å². The third-order valence-electron chi connectivity index (χ3n) is 5.76. The first-order valence-electron chi connectivity index (χ1n) is 9.46. The Kier molecular flexibility index (Phi) is 5.29. The van der Waals surface area contributed by atoms with Gasteiger partial charge in [-0.05, 0) is 40.0 Å². The van der Waals surface area contributed by atoms with Crippen LogP contribution in [0.2, 0.25) is 5.15 Å². The van der Waals surface area contributed by atoms with Gasteiger partial charge in [0.2, 0.25) is 0 Å². The van der Waals surface area contributed by atoms with E-state index >= 15 is 0 Å². The summed E-state index contributed by atoms with van der Waals surface area (Å²) in [5.74, 6) is 0. The van der Waals surface area contributed by atoms with Crippen LogP contribution in [0, 0.1) is 5.41 Å². The van der Waals surface area contributed by atoms with E-state index in [0.717, 1.165) is 25.7 Å². The maximum Gasteiger partial charge on any atom is 0.410 e. The van der Waals surface area contributed by atoms with Crippen LogP contribution in [-0.2, 0) is 11.3 Å². The maximum atomic E-state index is 12.6. The van der Waals surface area contributed by atoms with E-state index in [9.17, 15) is 14.7 Å². The number of carbonyl (C=O) groups excluding carboxylic acids is 1. The summed E-state index contributed by atoms with van der Waals surface area (Å²) < 4.78 is 6.95. The van der Waals surface area contributed by atoms with Gasteiger partial charge in [-0.3, -0.25) is 4.79 Å². The van der Waals surface area contributed by atoms with Crippen molar-refractivity contribution in [3.05, 3.63) is 27.9 Å². The summed E-state index contributed by atoms with van der Waals surface area (Å²) in [5, 5.41) is 11.8. The summed E-state index contributed by atoms with van der Waals surface area (Å²) in [4.78, 5) is 30.2. The lowest BCUT2D eigenvalue weighted by molar-refractivity contribution is -0.140. The zero-order valence-electron chi connectivity index (χ0n) is 16.2. The molecule has 0 bridgehead atoms. The number of amides is 1. The van der Waals surface area contributed by atoms with Crippen LogP contribution in [0.1, 0.15) is 52.9 Å². The molecule has 150 valence electrons. The Balaban J connectivity index is 1.85. The quantitative estimate of drug-likeness (QED) is 0.829. The lowest BCUT2D eigenvalue weighted by Crippen LogP contribution is -2.62. The van der Waals surface area contributed by atoms with Gasteiger partial charge in [0.1, 0.15) is 10.8 Å². The van der Waals surface area contributed by atoms with E-state index in [0.29, 0.717) is 19.5 Å². The lowest BCUT2D eigenvalue weighted by atomic mass is 9.66. The number of nitrogens with zero attached hydrogens (tertiary/aromatic N) is 3. The Morgan fingerprint density at radius 3 is 2.63 bits per heavy atom. The van der Waals surface area contributed by atoms with Gasteiger partial charge in [0, 0.05) is 24.7 Å². The number of hydrogen-bond donors (Lipinski definition) is 1. The van der Waals surface area contributed by atoms with Crippen molar-refractivity contribution in [3.63, 3.8) is 0 Å². The Morgan fingerprint density at radius 2 is 2.00 bits per heavy atom. The van der Waals surface area contributed by atoms with Crippen molar-refractivity contribution in [2.24, 2.45) is 5.41 Å². The summed E-state index contributed by atoms with van der Waals surface area (Å²) >= 11 is 5.94. The number of halogens is 1. The second kappa shape index (κ2) is 7.09. The minimum atomic E-state index is -1.09. The van der Waals surface area contributed by atoms with Crippen LogP contribution in [0.25, 0.3) is 0 Å². The highest BCUT2D eigenvalue weighted by atomic mass is 35.5. The monoisotopic (exact) mass is 397 g/mol. The predicted molar refractivity (Wildman–Crippen MR) is 102 cm³/mol. The van der Waals surface area contributed by atoms with Crippen LogP contribution < -0.4 is 5.56 Å². The minimum Gasteiger partial charge on any atom is -0.444 e. The van der Waals surface area contributed by atoms with Crippen LogP contribution in [0.3, 0.4) is 0 Å². The number of rotatable bonds is 2. The van der Waals surface area contributed by atoms with Gasteiger partial charge in [-0.2, -0.15) is 0 Å². The molecule has 1 saturated carbocycles. The number of hydrogen-bond acceptors (Lipinski definition) is 5. The summed E-state index contributed by atoms with van der Waals surface area (Å²) in [6, 6.07) is 0. The first-order chi connectivity index (χ1) is 12.5. The van der Waals surface area contributed by atoms with Crippen molar-refractivity contribution in [3.8, 4) is 0 Å². The third-order valence-corrected chi connectivity index (χ3v) is 5.96. The van der Waals surface area contributed by atoms with Gasteiger partial charge >= 0.3 is 6.09 Å². The largest absolute Gasteiger partial charge is 0.444 e. The molecule has 1 saturated heterocycles. The van der Waals surface area contributed by atoms with Gasteiger partial charge in [-0.1, -0.05) is 24.4 Å². The number of aliphatic hydroxyl groups is 1. The molecular formula is C19H28ClN3O4. The Bertz CT molecular complexity index is 767. The summed E-state index contributed by atoms with van der Waals surface area (Å²) in [6.45, 7) is 6.51. The van der Waals surface area contributed by atoms with E-state index in [2.05, 4.69) is 4.98 Å². The molecule has 2 fully saturated rings. The second-order valence-electron chi connectivity index (χ2n) is 8.85. The molecule has 1 amide bonds. The molecule has 1 atom stereocenters. The predicted octanol–water partition coefficient (Wildman–Crippen LogP) is 2.83. The molecule has 7 nitrogen and oxygen atoms in total. The average Bonchev–Trinajstić information content (AvgIpc) is 3.02. The van der Waals surface area contributed by atoms with Crippen LogP contribution in [0.15, 0.2) is 17.2 Å². The Hall–Kier alpha value is -1.60. The first kappa shape index (κ1) is 20.1. The standard InChI is InChI=1S/C19H28ClN3O4/c1-17(2,3)27-16(25)22-9-8-19(26,18(12-22)6-4-5-7-18)13-23-11-14(20)21-10-15(23)24/h10-11,26H,4-9,12-13H2,1-3H3. The topological polar surface area (TPSA) is 84.7 Å². The fraction of sp³-hybridized carbons (Fsp3) is 0.737. The van der Waals surface area contributed by atoms with Crippen molar-refractivity contribution < 1.29 is 14.6 Å². The van der Waals surface area contributed by atoms with E-state index < -0.39 is 16.6 Å². The molecule has 1 aliphatic heterocycles. The highest BCUT2D eigenvalue weighted by molar-refractivity contribution is 6.29. The average molecular weight is 398 g/mol. The molecule has 0 radical (unpaired) electrons. The number of ether oxygens (including phenoxy) is 1. The molecular weight excluding hydrogens is 370 g/mol. The van der Waals surface area contributed by atoms with Crippen LogP contribution >= 0.6 is 11.6 Å². The first-order valence-corrected chi connectivity index (χ1v) is 9.84. The van der Waals surface area contributed by atoms with E-state index in [1.807, 2.05) is 20.8 Å².